The van der Waals surface area contributed by atoms with E-state index in [2.05, 4.69) is 25.5 Å². The SMILES string of the molecule is O=C(NCCN1CCCCC1)c1cccc(Nc2cc(-c3ccccc3)ncn2)c1. The molecule has 30 heavy (non-hydrogen) atoms. The Morgan fingerprint density at radius 2 is 1.77 bits per heavy atom. The van der Waals surface area contributed by atoms with E-state index in [4.69, 9.17) is 0 Å². The minimum atomic E-state index is -0.0525. The van der Waals surface area contributed by atoms with Gasteiger partial charge >= 0.3 is 0 Å². The third-order valence-electron chi connectivity index (χ3n) is 5.30. The van der Waals surface area contributed by atoms with Crippen molar-refractivity contribution in [3.05, 3.63) is 72.6 Å². The zero-order chi connectivity index (χ0) is 20.6. The zero-order valence-electron chi connectivity index (χ0n) is 17.1. The largest absolute Gasteiger partial charge is 0.351 e. The van der Waals surface area contributed by atoms with E-state index in [0.29, 0.717) is 17.9 Å². The molecule has 1 aliphatic heterocycles. The fraction of sp³-hybridized carbons (Fsp3) is 0.292. The summed E-state index contributed by atoms with van der Waals surface area (Å²) in [6.07, 6.45) is 5.39. The molecule has 0 unspecified atom stereocenters. The van der Waals surface area contributed by atoms with E-state index in [1.165, 1.54) is 19.3 Å². The van der Waals surface area contributed by atoms with Crippen LogP contribution in [-0.2, 0) is 0 Å². The number of nitrogens with one attached hydrogen (secondary N) is 2. The quantitative estimate of drug-likeness (QED) is 0.624. The zero-order valence-corrected chi connectivity index (χ0v) is 17.1. The molecule has 0 spiro atoms. The number of hydrogen-bond acceptors (Lipinski definition) is 5. The minimum absolute atomic E-state index is 0.0525. The van der Waals surface area contributed by atoms with E-state index in [0.717, 1.165) is 36.6 Å². The van der Waals surface area contributed by atoms with Crippen LogP contribution in [0.1, 0.15) is 29.6 Å². The van der Waals surface area contributed by atoms with Crippen molar-refractivity contribution < 1.29 is 4.79 Å². The highest BCUT2D eigenvalue weighted by atomic mass is 16.1. The molecule has 0 radical (unpaired) electrons. The monoisotopic (exact) mass is 401 g/mol. The molecule has 4 rings (SSSR count). The Morgan fingerprint density at radius 1 is 0.933 bits per heavy atom. The summed E-state index contributed by atoms with van der Waals surface area (Å²) in [6.45, 7) is 3.86. The van der Waals surface area contributed by atoms with Crippen LogP contribution in [0.2, 0.25) is 0 Å². The second-order valence-corrected chi connectivity index (χ2v) is 7.52. The van der Waals surface area contributed by atoms with Crippen molar-refractivity contribution in [2.45, 2.75) is 19.3 Å². The predicted molar refractivity (Wildman–Crippen MR) is 120 cm³/mol. The smallest absolute Gasteiger partial charge is 0.251 e. The standard InChI is InChI=1S/C24H27N5O/c30-24(25-12-15-29-13-5-2-6-14-29)20-10-7-11-21(16-20)28-23-17-22(26-18-27-23)19-8-3-1-4-9-19/h1,3-4,7-11,16-18H,2,5-6,12-15H2,(H,25,30)(H,26,27,28). The Morgan fingerprint density at radius 3 is 2.60 bits per heavy atom. The van der Waals surface area contributed by atoms with Crippen molar-refractivity contribution in [2.75, 3.05) is 31.5 Å². The number of nitrogens with zero attached hydrogens (tertiary/aromatic N) is 3. The van der Waals surface area contributed by atoms with Crippen LogP contribution in [0, 0.1) is 0 Å². The Hall–Kier alpha value is -3.25. The molecule has 6 heteroatoms. The lowest BCUT2D eigenvalue weighted by atomic mass is 10.1. The van der Waals surface area contributed by atoms with Gasteiger partial charge in [-0.2, -0.15) is 0 Å². The molecule has 2 aromatic carbocycles. The normalized spacial score (nSPS) is 14.3. The van der Waals surface area contributed by atoms with Crippen LogP contribution in [0.5, 0.6) is 0 Å². The molecule has 3 aromatic rings. The van der Waals surface area contributed by atoms with Crippen LogP contribution in [-0.4, -0.2) is 47.0 Å². The first kappa shape index (κ1) is 20.0. The Labute approximate surface area is 177 Å². The summed E-state index contributed by atoms with van der Waals surface area (Å²) in [7, 11) is 0. The van der Waals surface area contributed by atoms with Gasteiger partial charge in [0.05, 0.1) is 5.69 Å². The van der Waals surface area contributed by atoms with E-state index in [1.54, 1.807) is 6.33 Å². The Kier molecular flexibility index (Phi) is 6.67. The molecule has 1 aromatic heterocycles. The molecule has 0 aliphatic carbocycles. The lowest BCUT2D eigenvalue weighted by Gasteiger charge is -2.26. The first-order chi connectivity index (χ1) is 14.8. The molecule has 0 atom stereocenters. The topological polar surface area (TPSA) is 70.2 Å². The van der Waals surface area contributed by atoms with E-state index < -0.39 is 0 Å². The van der Waals surface area contributed by atoms with Crippen LogP contribution >= 0.6 is 0 Å². The van der Waals surface area contributed by atoms with Gasteiger partial charge in [-0.1, -0.05) is 42.8 Å². The molecule has 2 heterocycles. The summed E-state index contributed by atoms with van der Waals surface area (Å²) in [5.74, 6) is 0.634. The maximum absolute atomic E-state index is 12.5. The Bertz CT molecular complexity index is 970. The summed E-state index contributed by atoms with van der Waals surface area (Å²) >= 11 is 0. The van der Waals surface area contributed by atoms with Gasteiger partial charge in [-0.05, 0) is 44.1 Å². The molecule has 1 fully saturated rings. The molecule has 1 saturated heterocycles. The maximum atomic E-state index is 12.5. The summed E-state index contributed by atoms with van der Waals surface area (Å²) in [5, 5.41) is 6.31. The Balaban J connectivity index is 1.37. The van der Waals surface area contributed by atoms with E-state index in [1.807, 2.05) is 60.7 Å². The number of anilines is 2. The van der Waals surface area contributed by atoms with Gasteiger partial charge in [-0.3, -0.25) is 4.79 Å². The second-order valence-electron chi connectivity index (χ2n) is 7.52. The highest BCUT2D eigenvalue weighted by molar-refractivity contribution is 5.95. The van der Waals surface area contributed by atoms with Crippen molar-refractivity contribution in [3.8, 4) is 11.3 Å². The fourth-order valence-electron chi connectivity index (χ4n) is 3.69. The number of hydrogen-bond donors (Lipinski definition) is 2. The summed E-state index contributed by atoms with van der Waals surface area (Å²) in [5.41, 5.74) is 3.33. The summed E-state index contributed by atoms with van der Waals surface area (Å²) in [6, 6.07) is 19.4. The van der Waals surface area contributed by atoms with Crippen molar-refractivity contribution in [3.63, 3.8) is 0 Å². The van der Waals surface area contributed by atoms with Gasteiger partial charge in [0.25, 0.3) is 5.91 Å². The van der Waals surface area contributed by atoms with Crippen LogP contribution < -0.4 is 10.6 Å². The minimum Gasteiger partial charge on any atom is -0.351 e. The number of aromatic nitrogens is 2. The van der Waals surface area contributed by atoms with Crippen LogP contribution in [0.15, 0.2) is 67.0 Å². The molecule has 0 saturated carbocycles. The molecule has 1 amide bonds. The summed E-state index contributed by atoms with van der Waals surface area (Å²) in [4.78, 5) is 23.6. The first-order valence-electron chi connectivity index (χ1n) is 10.5. The third-order valence-corrected chi connectivity index (χ3v) is 5.30. The number of carbonyl (C=O) groups excluding carboxylic acids is 1. The first-order valence-corrected chi connectivity index (χ1v) is 10.5. The number of benzene rings is 2. The molecule has 1 aliphatic rings. The van der Waals surface area contributed by atoms with Gasteiger partial charge in [0.1, 0.15) is 12.1 Å². The predicted octanol–water partition coefficient (Wildman–Crippen LogP) is 4.10. The van der Waals surface area contributed by atoms with Gasteiger partial charge in [-0.15, -0.1) is 0 Å². The van der Waals surface area contributed by atoms with E-state index in [-0.39, 0.29) is 5.91 Å². The highest BCUT2D eigenvalue weighted by Gasteiger charge is 2.11. The van der Waals surface area contributed by atoms with Gasteiger partial charge in [0, 0.05) is 36.0 Å². The second kappa shape index (κ2) is 9.98. The van der Waals surface area contributed by atoms with Crippen LogP contribution in [0.3, 0.4) is 0 Å². The fourth-order valence-corrected chi connectivity index (χ4v) is 3.69. The van der Waals surface area contributed by atoms with Crippen LogP contribution in [0.4, 0.5) is 11.5 Å². The number of piperidine rings is 1. The highest BCUT2D eigenvalue weighted by Crippen LogP contribution is 2.21. The lowest BCUT2D eigenvalue weighted by molar-refractivity contribution is 0.0946. The van der Waals surface area contributed by atoms with Gasteiger partial charge in [0.15, 0.2) is 0 Å². The van der Waals surface area contributed by atoms with Crippen LogP contribution in [0.25, 0.3) is 11.3 Å². The number of amides is 1. The number of likely N-dealkylation sites (tertiary alicyclic amines) is 1. The molecule has 6 nitrogen and oxygen atoms in total. The summed E-state index contributed by atoms with van der Waals surface area (Å²) < 4.78 is 0. The third kappa shape index (κ3) is 5.42. The maximum Gasteiger partial charge on any atom is 0.251 e. The van der Waals surface area contributed by atoms with Crippen molar-refractivity contribution in [2.24, 2.45) is 0 Å². The lowest BCUT2D eigenvalue weighted by Crippen LogP contribution is -2.37. The van der Waals surface area contributed by atoms with Gasteiger partial charge in [0.2, 0.25) is 0 Å². The van der Waals surface area contributed by atoms with E-state index in [9.17, 15) is 4.79 Å². The van der Waals surface area contributed by atoms with Crippen molar-refractivity contribution in [1.82, 2.24) is 20.2 Å². The molecule has 154 valence electrons. The average Bonchev–Trinajstić information content (AvgIpc) is 2.81. The molecule has 0 bridgehead atoms. The van der Waals surface area contributed by atoms with E-state index >= 15 is 0 Å². The molecular formula is C24H27N5O. The van der Waals surface area contributed by atoms with Gasteiger partial charge in [-0.25, -0.2) is 9.97 Å². The molecule has 2 N–H and O–H groups in total. The number of carbonyl (C=O) groups is 1. The van der Waals surface area contributed by atoms with Gasteiger partial charge < -0.3 is 15.5 Å². The van der Waals surface area contributed by atoms with Crippen molar-refractivity contribution >= 4 is 17.4 Å². The van der Waals surface area contributed by atoms with Crippen molar-refractivity contribution in [1.29, 1.82) is 0 Å². The molecular weight excluding hydrogens is 374 g/mol. The average molecular weight is 402 g/mol. The number of rotatable bonds is 7.